The normalized spacial score (nSPS) is 14.1. The van der Waals surface area contributed by atoms with Crippen LogP contribution in [-0.2, 0) is 0 Å². The van der Waals surface area contributed by atoms with Crippen molar-refractivity contribution < 1.29 is 9.90 Å². The van der Waals surface area contributed by atoms with Crippen LogP contribution in [0.4, 0.5) is 0 Å². The van der Waals surface area contributed by atoms with E-state index in [2.05, 4.69) is 10.3 Å². The van der Waals surface area contributed by atoms with Crippen LogP contribution < -0.4 is 5.32 Å². The first-order valence-electron chi connectivity index (χ1n) is 5.52. The van der Waals surface area contributed by atoms with Gasteiger partial charge in [0.1, 0.15) is 5.03 Å². The second kappa shape index (κ2) is 6.61. The molecule has 0 saturated heterocycles. The van der Waals surface area contributed by atoms with E-state index in [9.17, 15) is 9.90 Å². The monoisotopic (exact) mass is 254 g/mol. The molecule has 2 unspecified atom stereocenters. The van der Waals surface area contributed by atoms with Crippen molar-refractivity contribution in [1.29, 1.82) is 0 Å². The van der Waals surface area contributed by atoms with Crippen molar-refractivity contribution in [2.24, 2.45) is 0 Å². The fourth-order valence-corrected chi connectivity index (χ4v) is 2.15. The average molecular weight is 254 g/mol. The van der Waals surface area contributed by atoms with Gasteiger partial charge >= 0.3 is 0 Å². The van der Waals surface area contributed by atoms with E-state index >= 15 is 0 Å². The minimum Gasteiger partial charge on any atom is -0.393 e. The maximum absolute atomic E-state index is 12.0. The van der Waals surface area contributed by atoms with E-state index in [-0.39, 0.29) is 11.9 Å². The van der Waals surface area contributed by atoms with Gasteiger partial charge in [-0.2, -0.15) is 0 Å². The van der Waals surface area contributed by atoms with Crippen molar-refractivity contribution >= 4 is 17.7 Å². The zero-order chi connectivity index (χ0) is 12.8. The molecule has 2 N–H and O–H groups in total. The standard InChI is InChI=1S/C12H18N2O2S/c1-8(7-9(2)15)14-11(16)10-5-4-6-13-12(10)17-3/h4-6,8-9,15H,7H2,1-3H3,(H,14,16). The lowest BCUT2D eigenvalue weighted by atomic mass is 10.1. The lowest BCUT2D eigenvalue weighted by Gasteiger charge is -2.16. The average Bonchev–Trinajstić information content (AvgIpc) is 2.27. The van der Waals surface area contributed by atoms with Crippen LogP contribution in [0.2, 0.25) is 0 Å². The van der Waals surface area contributed by atoms with E-state index in [1.807, 2.05) is 13.2 Å². The SMILES string of the molecule is CSc1ncccc1C(=O)NC(C)CC(C)O. The number of hydrogen-bond acceptors (Lipinski definition) is 4. The molecule has 0 aliphatic carbocycles. The highest BCUT2D eigenvalue weighted by molar-refractivity contribution is 7.98. The van der Waals surface area contributed by atoms with Crippen LogP contribution >= 0.6 is 11.8 Å². The summed E-state index contributed by atoms with van der Waals surface area (Å²) in [6.45, 7) is 3.58. The molecule has 0 fully saturated rings. The van der Waals surface area contributed by atoms with Crippen molar-refractivity contribution in [1.82, 2.24) is 10.3 Å². The molecule has 94 valence electrons. The molecule has 0 bridgehead atoms. The molecule has 1 amide bonds. The van der Waals surface area contributed by atoms with E-state index in [4.69, 9.17) is 0 Å². The zero-order valence-electron chi connectivity index (χ0n) is 10.3. The minimum absolute atomic E-state index is 0.0580. The van der Waals surface area contributed by atoms with Crippen LogP contribution in [0.15, 0.2) is 23.4 Å². The van der Waals surface area contributed by atoms with Crippen molar-refractivity contribution in [2.45, 2.75) is 37.4 Å². The molecule has 2 atom stereocenters. The first-order chi connectivity index (χ1) is 8.04. The van der Waals surface area contributed by atoms with E-state index in [0.717, 1.165) is 0 Å². The van der Waals surface area contributed by atoms with Crippen LogP contribution in [0.25, 0.3) is 0 Å². The summed E-state index contributed by atoms with van der Waals surface area (Å²) in [5.74, 6) is -0.143. The molecule has 0 saturated carbocycles. The molecule has 17 heavy (non-hydrogen) atoms. The summed E-state index contributed by atoms with van der Waals surface area (Å²) < 4.78 is 0. The number of aromatic nitrogens is 1. The number of carbonyl (C=O) groups excluding carboxylic acids is 1. The second-order valence-corrected chi connectivity index (χ2v) is 4.81. The highest BCUT2D eigenvalue weighted by Crippen LogP contribution is 2.16. The summed E-state index contributed by atoms with van der Waals surface area (Å²) in [6.07, 6.45) is 3.68. The second-order valence-electron chi connectivity index (χ2n) is 4.02. The van der Waals surface area contributed by atoms with Gasteiger partial charge in [-0.05, 0) is 38.7 Å². The number of amides is 1. The maximum Gasteiger partial charge on any atom is 0.254 e. The predicted molar refractivity (Wildman–Crippen MR) is 69.2 cm³/mol. The lowest BCUT2D eigenvalue weighted by molar-refractivity contribution is 0.0919. The number of carbonyl (C=O) groups is 1. The van der Waals surface area contributed by atoms with Crippen LogP contribution in [0.1, 0.15) is 30.6 Å². The Hall–Kier alpha value is -1.07. The van der Waals surface area contributed by atoms with Crippen LogP contribution in [0.3, 0.4) is 0 Å². The molecule has 0 aliphatic heterocycles. The first-order valence-corrected chi connectivity index (χ1v) is 6.75. The minimum atomic E-state index is -0.417. The fraction of sp³-hybridized carbons (Fsp3) is 0.500. The van der Waals surface area contributed by atoms with Crippen molar-refractivity contribution in [3.05, 3.63) is 23.9 Å². The molecule has 0 aliphatic rings. The van der Waals surface area contributed by atoms with Gasteiger partial charge in [0, 0.05) is 12.2 Å². The summed E-state index contributed by atoms with van der Waals surface area (Å²) in [6, 6.07) is 3.44. The maximum atomic E-state index is 12.0. The summed E-state index contributed by atoms with van der Waals surface area (Å²) in [5.41, 5.74) is 0.581. The molecular formula is C12H18N2O2S. The van der Waals surface area contributed by atoms with E-state index in [1.54, 1.807) is 25.3 Å². The lowest BCUT2D eigenvalue weighted by Crippen LogP contribution is -2.35. The van der Waals surface area contributed by atoms with Crippen LogP contribution in [-0.4, -0.2) is 34.4 Å². The smallest absolute Gasteiger partial charge is 0.254 e. The van der Waals surface area contributed by atoms with Gasteiger partial charge in [0.05, 0.1) is 11.7 Å². The molecule has 1 aromatic rings. The summed E-state index contributed by atoms with van der Waals surface area (Å²) in [4.78, 5) is 16.1. The van der Waals surface area contributed by atoms with Gasteiger partial charge in [0.2, 0.25) is 0 Å². The molecule has 0 spiro atoms. The Morgan fingerprint density at radius 1 is 1.59 bits per heavy atom. The Morgan fingerprint density at radius 3 is 2.88 bits per heavy atom. The van der Waals surface area contributed by atoms with Gasteiger partial charge in [-0.15, -0.1) is 11.8 Å². The van der Waals surface area contributed by atoms with Crippen molar-refractivity contribution in [3.63, 3.8) is 0 Å². The number of thioether (sulfide) groups is 1. The summed E-state index contributed by atoms with van der Waals surface area (Å²) in [7, 11) is 0. The highest BCUT2D eigenvalue weighted by Gasteiger charge is 2.14. The number of hydrogen-bond donors (Lipinski definition) is 2. The fourth-order valence-electron chi connectivity index (χ4n) is 1.60. The van der Waals surface area contributed by atoms with Gasteiger partial charge in [-0.1, -0.05) is 0 Å². The van der Waals surface area contributed by atoms with Crippen molar-refractivity contribution in [3.8, 4) is 0 Å². The summed E-state index contributed by atoms with van der Waals surface area (Å²) in [5, 5.41) is 12.8. The molecule has 4 nitrogen and oxygen atoms in total. The van der Waals surface area contributed by atoms with Gasteiger partial charge in [-0.25, -0.2) is 4.98 Å². The molecule has 1 heterocycles. The highest BCUT2D eigenvalue weighted by atomic mass is 32.2. The molecular weight excluding hydrogens is 236 g/mol. The Morgan fingerprint density at radius 2 is 2.29 bits per heavy atom. The molecule has 1 rings (SSSR count). The quantitative estimate of drug-likeness (QED) is 0.785. The van der Waals surface area contributed by atoms with Gasteiger partial charge < -0.3 is 10.4 Å². The third-order valence-electron chi connectivity index (χ3n) is 2.28. The Labute approximate surface area is 106 Å². The topological polar surface area (TPSA) is 62.2 Å². The van der Waals surface area contributed by atoms with Crippen LogP contribution in [0.5, 0.6) is 0 Å². The third kappa shape index (κ3) is 4.36. The van der Waals surface area contributed by atoms with Gasteiger partial charge in [0.15, 0.2) is 0 Å². The van der Waals surface area contributed by atoms with Gasteiger partial charge in [-0.3, -0.25) is 4.79 Å². The summed E-state index contributed by atoms with van der Waals surface area (Å²) >= 11 is 1.44. The first kappa shape index (κ1) is 14.0. The van der Waals surface area contributed by atoms with Gasteiger partial charge in [0.25, 0.3) is 5.91 Å². The Kier molecular flexibility index (Phi) is 5.44. The van der Waals surface area contributed by atoms with E-state index in [0.29, 0.717) is 17.0 Å². The zero-order valence-corrected chi connectivity index (χ0v) is 11.1. The molecule has 0 aromatic carbocycles. The number of pyridine rings is 1. The van der Waals surface area contributed by atoms with Crippen LogP contribution in [0, 0.1) is 0 Å². The molecule has 1 aromatic heterocycles. The largest absolute Gasteiger partial charge is 0.393 e. The van der Waals surface area contributed by atoms with Crippen molar-refractivity contribution in [2.75, 3.05) is 6.26 Å². The molecule has 5 heteroatoms. The Balaban J connectivity index is 2.69. The number of nitrogens with one attached hydrogen (secondary N) is 1. The molecule has 0 radical (unpaired) electrons. The van der Waals surface area contributed by atoms with E-state index in [1.165, 1.54) is 11.8 Å². The third-order valence-corrected chi connectivity index (χ3v) is 2.99. The number of aliphatic hydroxyl groups is 1. The van der Waals surface area contributed by atoms with E-state index < -0.39 is 6.10 Å². The number of rotatable bonds is 5. The number of nitrogens with zero attached hydrogens (tertiary/aromatic N) is 1. The number of aliphatic hydroxyl groups excluding tert-OH is 1. The predicted octanol–water partition coefficient (Wildman–Crippen LogP) is 1.69. The Bertz CT molecular complexity index is 383.